The summed E-state index contributed by atoms with van der Waals surface area (Å²) in [5.41, 5.74) is 0. The van der Waals surface area contributed by atoms with E-state index in [9.17, 15) is 4.79 Å². The molecule has 0 aromatic heterocycles. The maximum absolute atomic E-state index is 10.8. The Hall–Kier alpha value is -0.570. The van der Waals surface area contributed by atoms with Gasteiger partial charge in [0.15, 0.2) is 0 Å². The first-order chi connectivity index (χ1) is 4.22. The standard InChI is InChI=1S/C6H11NO2/c1-7-4-2-3-5(8)6(7)9/h5,8H,2-4H2,1H3/t5-/m0/s1. The number of rotatable bonds is 0. The number of likely N-dealkylation sites (N-methyl/N-ethyl adjacent to an activating group) is 1. The number of likely N-dealkylation sites (tertiary alicyclic amines) is 1. The molecule has 0 aromatic carbocycles. The number of aliphatic hydroxyl groups is 1. The highest BCUT2D eigenvalue weighted by atomic mass is 16.3. The summed E-state index contributed by atoms with van der Waals surface area (Å²) in [6.45, 7) is 0.788. The summed E-state index contributed by atoms with van der Waals surface area (Å²) in [6, 6.07) is 0. The predicted octanol–water partition coefficient (Wildman–Crippen LogP) is -0.401. The van der Waals surface area contributed by atoms with Crippen LogP contribution in [0.2, 0.25) is 0 Å². The van der Waals surface area contributed by atoms with E-state index >= 15 is 0 Å². The number of piperidine rings is 1. The second-order valence-electron chi connectivity index (χ2n) is 2.42. The zero-order chi connectivity index (χ0) is 6.85. The number of hydrogen-bond donors (Lipinski definition) is 1. The average Bonchev–Trinajstić information content (AvgIpc) is 1.83. The van der Waals surface area contributed by atoms with Gasteiger partial charge in [-0.3, -0.25) is 4.79 Å². The Morgan fingerprint density at radius 3 is 2.89 bits per heavy atom. The molecule has 1 saturated heterocycles. The highest BCUT2D eigenvalue weighted by Crippen LogP contribution is 2.08. The number of amides is 1. The van der Waals surface area contributed by atoms with Crippen molar-refractivity contribution in [3.8, 4) is 0 Å². The van der Waals surface area contributed by atoms with E-state index in [1.807, 2.05) is 0 Å². The second-order valence-corrected chi connectivity index (χ2v) is 2.42. The Bertz CT molecular complexity index is 112. The normalized spacial score (nSPS) is 28.9. The van der Waals surface area contributed by atoms with Gasteiger partial charge >= 0.3 is 0 Å². The minimum absolute atomic E-state index is 0.138. The monoisotopic (exact) mass is 129 g/mol. The van der Waals surface area contributed by atoms with Gasteiger partial charge < -0.3 is 10.0 Å². The molecule has 1 heterocycles. The van der Waals surface area contributed by atoms with Gasteiger partial charge in [0.25, 0.3) is 5.91 Å². The lowest BCUT2D eigenvalue weighted by Crippen LogP contribution is -2.41. The van der Waals surface area contributed by atoms with Crippen LogP contribution in [0.5, 0.6) is 0 Å². The van der Waals surface area contributed by atoms with E-state index in [-0.39, 0.29) is 5.91 Å². The quantitative estimate of drug-likeness (QED) is 0.483. The molecule has 1 amide bonds. The van der Waals surface area contributed by atoms with Crippen molar-refractivity contribution >= 4 is 5.91 Å². The van der Waals surface area contributed by atoms with Gasteiger partial charge in [-0.15, -0.1) is 0 Å². The molecule has 0 spiro atoms. The van der Waals surface area contributed by atoms with E-state index in [1.54, 1.807) is 11.9 Å². The van der Waals surface area contributed by atoms with Crippen molar-refractivity contribution in [3.63, 3.8) is 0 Å². The van der Waals surface area contributed by atoms with E-state index < -0.39 is 6.10 Å². The van der Waals surface area contributed by atoms with Gasteiger partial charge in [0.05, 0.1) is 0 Å². The number of nitrogens with zero attached hydrogens (tertiary/aromatic N) is 1. The average molecular weight is 129 g/mol. The smallest absolute Gasteiger partial charge is 0.251 e. The van der Waals surface area contributed by atoms with Crippen LogP contribution in [0.4, 0.5) is 0 Å². The van der Waals surface area contributed by atoms with Crippen molar-refractivity contribution in [3.05, 3.63) is 0 Å². The van der Waals surface area contributed by atoms with Crippen LogP contribution in [0.25, 0.3) is 0 Å². The van der Waals surface area contributed by atoms with Crippen LogP contribution in [0.15, 0.2) is 0 Å². The van der Waals surface area contributed by atoms with Gasteiger partial charge in [-0.25, -0.2) is 0 Å². The number of aliphatic hydroxyl groups excluding tert-OH is 1. The van der Waals surface area contributed by atoms with E-state index in [0.717, 1.165) is 13.0 Å². The fourth-order valence-electron chi connectivity index (χ4n) is 1.01. The van der Waals surface area contributed by atoms with Crippen LogP contribution in [0.1, 0.15) is 12.8 Å². The van der Waals surface area contributed by atoms with E-state index in [1.165, 1.54) is 0 Å². The Morgan fingerprint density at radius 2 is 2.44 bits per heavy atom. The summed E-state index contributed by atoms with van der Waals surface area (Å²) in [5, 5.41) is 8.96. The minimum atomic E-state index is -0.733. The third kappa shape index (κ3) is 1.21. The molecule has 1 aliphatic heterocycles. The Labute approximate surface area is 54.3 Å². The molecule has 3 heteroatoms. The van der Waals surface area contributed by atoms with Crippen molar-refractivity contribution in [2.24, 2.45) is 0 Å². The van der Waals surface area contributed by atoms with Gasteiger partial charge in [-0.05, 0) is 12.8 Å². The number of carbonyl (C=O) groups excluding carboxylic acids is 1. The molecule has 1 rings (SSSR count). The van der Waals surface area contributed by atoms with Gasteiger partial charge in [0.2, 0.25) is 0 Å². The van der Waals surface area contributed by atoms with Gasteiger partial charge in [0.1, 0.15) is 6.10 Å². The van der Waals surface area contributed by atoms with Crippen LogP contribution in [-0.2, 0) is 4.79 Å². The van der Waals surface area contributed by atoms with Crippen LogP contribution in [0, 0.1) is 0 Å². The zero-order valence-corrected chi connectivity index (χ0v) is 5.50. The second kappa shape index (κ2) is 2.35. The third-order valence-corrected chi connectivity index (χ3v) is 1.63. The summed E-state index contributed by atoms with van der Waals surface area (Å²) in [4.78, 5) is 12.4. The molecule has 0 radical (unpaired) electrons. The molecule has 1 fully saturated rings. The predicted molar refractivity (Wildman–Crippen MR) is 32.9 cm³/mol. The molecule has 0 bridgehead atoms. The van der Waals surface area contributed by atoms with Crippen LogP contribution in [0.3, 0.4) is 0 Å². The van der Waals surface area contributed by atoms with E-state index in [4.69, 9.17) is 5.11 Å². The molecule has 0 unspecified atom stereocenters. The Balaban J connectivity index is 2.52. The summed E-state index contributed by atoms with van der Waals surface area (Å²) < 4.78 is 0. The fourth-order valence-corrected chi connectivity index (χ4v) is 1.01. The van der Waals surface area contributed by atoms with Crippen molar-refractivity contribution < 1.29 is 9.90 Å². The van der Waals surface area contributed by atoms with Gasteiger partial charge in [-0.1, -0.05) is 0 Å². The summed E-state index contributed by atoms with van der Waals surface area (Å²) in [7, 11) is 1.71. The maximum Gasteiger partial charge on any atom is 0.251 e. The van der Waals surface area contributed by atoms with Crippen LogP contribution in [-0.4, -0.2) is 35.6 Å². The SMILES string of the molecule is CN1CCC[C@H](O)C1=O. The maximum atomic E-state index is 10.8. The molecule has 52 valence electrons. The number of carbonyl (C=O) groups is 1. The molecule has 1 atom stereocenters. The minimum Gasteiger partial charge on any atom is -0.383 e. The molecular weight excluding hydrogens is 118 g/mol. The first kappa shape index (κ1) is 6.55. The Kier molecular flexibility index (Phi) is 1.71. The van der Waals surface area contributed by atoms with Crippen molar-refractivity contribution in [1.29, 1.82) is 0 Å². The first-order valence-electron chi connectivity index (χ1n) is 3.15. The zero-order valence-electron chi connectivity index (χ0n) is 5.50. The van der Waals surface area contributed by atoms with E-state index in [2.05, 4.69) is 0 Å². The largest absolute Gasteiger partial charge is 0.383 e. The molecule has 1 aliphatic rings. The lowest BCUT2D eigenvalue weighted by molar-refractivity contribution is -0.142. The van der Waals surface area contributed by atoms with Crippen molar-refractivity contribution in [2.45, 2.75) is 18.9 Å². The molecular formula is C6H11NO2. The topological polar surface area (TPSA) is 40.5 Å². The summed E-state index contributed by atoms with van der Waals surface area (Å²) >= 11 is 0. The molecule has 0 aromatic rings. The lowest BCUT2D eigenvalue weighted by atomic mass is 10.1. The highest BCUT2D eigenvalue weighted by Gasteiger charge is 2.23. The van der Waals surface area contributed by atoms with Crippen LogP contribution >= 0.6 is 0 Å². The lowest BCUT2D eigenvalue weighted by Gasteiger charge is -2.25. The third-order valence-electron chi connectivity index (χ3n) is 1.63. The highest BCUT2D eigenvalue weighted by molar-refractivity contribution is 5.80. The number of hydrogen-bond acceptors (Lipinski definition) is 2. The van der Waals surface area contributed by atoms with Crippen molar-refractivity contribution in [1.82, 2.24) is 4.90 Å². The van der Waals surface area contributed by atoms with E-state index in [0.29, 0.717) is 6.42 Å². The van der Waals surface area contributed by atoms with Gasteiger partial charge in [0, 0.05) is 13.6 Å². The Morgan fingerprint density at radius 1 is 1.78 bits per heavy atom. The molecule has 9 heavy (non-hydrogen) atoms. The molecule has 0 saturated carbocycles. The van der Waals surface area contributed by atoms with Crippen LogP contribution < -0.4 is 0 Å². The fraction of sp³-hybridized carbons (Fsp3) is 0.833. The van der Waals surface area contributed by atoms with Gasteiger partial charge in [-0.2, -0.15) is 0 Å². The molecule has 0 aliphatic carbocycles. The summed E-state index contributed by atoms with van der Waals surface area (Å²) in [6.07, 6.45) is 0.816. The van der Waals surface area contributed by atoms with Crippen molar-refractivity contribution in [2.75, 3.05) is 13.6 Å². The summed E-state index contributed by atoms with van der Waals surface area (Å²) in [5.74, 6) is -0.138. The first-order valence-corrected chi connectivity index (χ1v) is 3.15. The molecule has 1 N–H and O–H groups in total. The molecule has 3 nitrogen and oxygen atoms in total.